The van der Waals surface area contributed by atoms with E-state index in [-0.39, 0.29) is 0 Å². The highest BCUT2D eigenvalue weighted by molar-refractivity contribution is 4.90. The first kappa shape index (κ1) is 8.06. The smallest absolute Gasteiger partial charge is 0.00178 e. The first-order chi connectivity index (χ1) is 4.41. The third kappa shape index (κ3) is 1.98. The van der Waals surface area contributed by atoms with Crippen LogP contribution in [0.5, 0.6) is 0 Å². The Morgan fingerprint density at radius 1 is 1.30 bits per heavy atom. The average molecular weight is 141 g/mol. The second-order valence-corrected chi connectivity index (χ2v) is 5.15. The summed E-state index contributed by atoms with van der Waals surface area (Å²) in [6.07, 6.45) is 1.34. The van der Waals surface area contributed by atoms with Gasteiger partial charge in [0.1, 0.15) is 0 Å². The van der Waals surface area contributed by atoms with E-state index in [4.69, 9.17) is 0 Å². The monoisotopic (exact) mass is 141 g/mol. The standard InChI is InChI=1S/C9H19N/c1-8(2,3)5-9(4)6-10-7-9/h10H,5-7H2,1-4H3. The molecular formula is C9H19N. The van der Waals surface area contributed by atoms with Gasteiger partial charge in [0.2, 0.25) is 0 Å². The van der Waals surface area contributed by atoms with Crippen LogP contribution in [0, 0.1) is 10.8 Å². The maximum Gasteiger partial charge on any atom is 0.00178 e. The van der Waals surface area contributed by atoms with Crippen molar-refractivity contribution in [1.82, 2.24) is 5.32 Å². The van der Waals surface area contributed by atoms with Crippen LogP contribution in [0.3, 0.4) is 0 Å². The van der Waals surface area contributed by atoms with E-state index in [9.17, 15) is 0 Å². The molecule has 1 saturated heterocycles. The van der Waals surface area contributed by atoms with Gasteiger partial charge >= 0.3 is 0 Å². The summed E-state index contributed by atoms with van der Waals surface area (Å²) in [5.41, 5.74) is 1.09. The maximum atomic E-state index is 3.32. The fraction of sp³-hybridized carbons (Fsp3) is 1.00. The second-order valence-electron chi connectivity index (χ2n) is 5.15. The maximum absolute atomic E-state index is 3.32. The molecule has 0 aromatic heterocycles. The Hall–Kier alpha value is -0.0400. The predicted octanol–water partition coefficient (Wildman–Crippen LogP) is 2.03. The molecule has 0 atom stereocenters. The van der Waals surface area contributed by atoms with E-state index in [2.05, 4.69) is 33.0 Å². The molecule has 1 fully saturated rings. The molecule has 0 saturated carbocycles. The van der Waals surface area contributed by atoms with Gasteiger partial charge in [-0.05, 0) is 17.3 Å². The van der Waals surface area contributed by atoms with E-state index in [1.165, 1.54) is 19.5 Å². The summed E-state index contributed by atoms with van der Waals surface area (Å²) in [7, 11) is 0. The minimum Gasteiger partial charge on any atom is -0.316 e. The van der Waals surface area contributed by atoms with Gasteiger partial charge < -0.3 is 5.32 Å². The van der Waals surface area contributed by atoms with Crippen LogP contribution in [-0.2, 0) is 0 Å². The molecule has 60 valence electrons. The summed E-state index contributed by atoms with van der Waals surface area (Å²) in [5.74, 6) is 0. The van der Waals surface area contributed by atoms with Crippen molar-refractivity contribution >= 4 is 0 Å². The Labute approximate surface area is 64.2 Å². The van der Waals surface area contributed by atoms with Crippen molar-refractivity contribution in [2.75, 3.05) is 13.1 Å². The normalized spacial score (nSPS) is 24.0. The lowest BCUT2D eigenvalue weighted by Gasteiger charge is -2.43. The molecule has 0 aromatic rings. The van der Waals surface area contributed by atoms with E-state index >= 15 is 0 Å². The Morgan fingerprint density at radius 2 is 1.80 bits per heavy atom. The molecule has 0 spiro atoms. The van der Waals surface area contributed by atoms with Crippen LogP contribution in [0.2, 0.25) is 0 Å². The minimum absolute atomic E-state index is 0.497. The summed E-state index contributed by atoms with van der Waals surface area (Å²) in [5, 5.41) is 3.32. The Balaban J connectivity index is 2.37. The van der Waals surface area contributed by atoms with Gasteiger partial charge in [-0.15, -0.1) is 0 Å². The van der Waals surface area contributed by atoms with Crippen LogP contribution >= 0.6 is 0 Å². The predicted molar refractivity (Wildman–Crippen MR) is 45.0 cm³/mol. The Kier molecular flexibility index (Phi) is 1.80. The van der Waals surface area contributed by atoms with Crippen molar-refractivity contribution in [2.45, 2.75) is 34.1 Å². The number of hydrogen-bond donors (Lipinski definition) is 1. The molecule has 1 N–H and O–H groups in total. The second kappa shape index (κ2) is 2.23. The van der Waals surface area contributed by atoms with Crippen LogP contribution < -0.4 is 5.32 Å². The largest absolute Gasteiger partial charge is 0.316 e. The molecule has 1 heteroatoms. The lowest BCUT2D eigenvalue weighted by Crippen LogP contribution is -2.52. The van der Waals surface area contributed by atoms with Crippen LogP contribution in [0.4, 0.5) is 0 Å². The van der Waals surface area contributed by atoms with Gasteiger partial charge in [0.25, 0.3) is 0 Å². The van der Waals surface area contributed by atoms with E-state index < -0.39 is 0 Å². The van der Waals surface area contributed by atoms with Gasteiger partial charge in [-0.2, -0.15) is 0 Å². The third-order valence-corrected chi connectivity index (χ3v) is 2.06. The van der Waals surface area contributed by atoms with Gasteiger partial charge in [0, 0.05) is 13.1 Å². The molecule has 0 amide bonds. The van der Waals surface area contributed by atoms with Crippen molar-refractivity contribution in [1.29, 1.82) is 0 Å². The molecule has 0 unspecified atom stereocenters. The molecule has 1 aliphatic rings. The van der Waals surface area contributed by atoms with Crippen molar-refractivity contribution in [3.05, 3.63) is 0 Å². The summed E-state index contributed by atoms with van der Waals surface area (Å²) in [6, 6.07) is 0. The van der Waals surface area contributed by atoms with E-state index in [1.54, 1.807) is 0 Å². The van der Waals surface area contributed by atoms with Gasteiger partial charge in [-0.3, -0.25) is 0 Å². The van der Waals surface area contributed by atoms with E-state index in [1.807, 2.05) is 0 Å². The fourth-order valence-corrected chi connectivity index (χ4v) is 1.96. The highest BCUT2D eigenvalue weighted by Crippen LogP contribution is 2.35. The topological polar surface area (TPSA) is 12.0 Å². The number of rotatable bonds is 1. The molecule has 1 nitrogen and oxygen atoms in total. The van der Waals surface area contributed by atoms with Crippen LogP contribution in [-0.4, -0.2) is 13.1 Å². The van der Waals surface area contributed by atoms with Crippen molar-refractivity contribution in [2.24, 2.45) is 10.8 Å². The lowest BCUT2D eigenvalue weighted by atomic mass is 9.71. The van der Waals surface area contributed by atoms with Gasteiger partial charge in [0.05, 0.1) is 0 Å². The zero-order valence-electron chi connectivity index (χ0n) is 7.62. The number of hydrogen-bond acceptors (Lipinski definition) is 1. The third-order valence-electron chi connectivity index (χ3n) is 2.06. The highest BCUT2D eigenvalue weighted by Gasteiger charge is 2.35. The molecule has 0 aromatic carbocycles. The summed E-state index contributed by atoms with van der Waals surface area (Å²) in [6.45, 7) is 11.7. The average Bonchev–Trinajstić information content (AvgIpc) is 1.57. The molecule has 1 aliphatic heterocycles. The molecule has 10 heavy (non-hydrogen) atoms. The molecule has 0 aliphatic carbocycles. The van der Waals surface area contributed by atoms with Gasteiger partial charge in [-0.1, -0.05) is 27.7 Å². The van der Waals surface area contributed by atoms with Crippen molar-refractivity contribution in [3.8, 4) is 0 Å². The molecule has 0 bridgehead atoms. The number of nitrogens with one attached hydrogen (secondary N) is 1. The molecule has 1 rings (SSSR count). The van der Waals surface area contributed by atoms with Gasteiger partial charge in [0.15, 0.2) is 0 Å². The van der Waals surface area contributed by atoms with Crippen LogP contribution in [0.1, 0.15) is 34.1 Å². The quantitative estimate of drug-likeness (QED) is 0.589. The Bertz CT molecular complexity index is 117. The fourth-order valence-electron chi connectivity index (χ4n) is 1.96. The summed E-state index contributed by atoms with van der Waals surface area (Å²) >= 11 is 0. The highest BCUT2D eigenvalue weighted by atomic mass is 15.0. The van der Waals surface area contributed by atoms with E-state index in [0.717, 1.165) is 0 Å². The zero-order valence-corrected chi connectivity index (χ0v) is 7.62. The minimum atomic E-state index is 0.497. The lowest BCUT2D eigenvalue weighted by molar-refractivity contribution is 0.119. The van der Waals surface area contributed by atoms with Crippen LogP contribution in [0.25, 0.3) is 0 Å². The summed E-state index contributed by atoms with van der Waals surface area (Å²) in [4.78, 5) is 0. The molecule has 0 radical (unpaired) electrons. The molecule has 1 heterocycles. The van der Waals surface area contributed by atoms with E-state index in [0.29, 0.717) is 10.8 Å². The Morgan fingerprint density at radius 3 is 1.90 bits per heavy atom. The van der Waals surface area contributed by atoms with Crippen LogP contribution in [0.15, 0.2) is 0 Å². The van der Waals surface area contributed by atoms with Crippen molar-refractivity contribution < 1.29 is 0 Å². The molecular weight excluding hydrogens is 122 g/mol. The van der Waals surface area contributed by atoms with Gasteiger partial charge in [-0.25, -0.2) is 0 Å². The first-order valence-corrected chi connectivity index (χ1v) is 4.12. The SMILES string of the molecule is CC(C)(C)CC1(C)CNC1. The first-order valence-electron chi connectivity index (χ1n) is 4.12. The zero-order chi connectivity index (χ0) is 7.83. The summed E-state index contributed by atoms with van der Waals surface area (Å²) < 4.78 is 0. The van der Waals surface area contributed by atoms with Crippen molar-refractivity contribution in [3.63, 3.8) is 0 Å².